The van der Waals surface area contributed by atoms with E-state index in [4.69, 9.17) is 21.4 Å². The minimum absolute atomic E-state index is 0.392. The highest BCUT2D eigenvalue weighted by Crippen LogP contribution is 2.21. The van der Waals surface area contributed by atoms with Gasteiger partial charge < -0.3 is 26.2 Å². The molecule has 0 atom stereocenters. The maximum absolute atomic E-state index is 9.55. The molecule has 0 aliphatic carbocycles. The van der Waals surface area contributed by atoms with E-state index in [2.05, 4.69) is 10.3 Å². The lowest BCUT2D eigenvalue weighted by molar-refractivity contribution is -0.134. The molecule has 0 saturated carbocycles. The van der Waals surface area contributed by atoms with Gasteiger partial charge in [-0.3, -0.25) is 5.41 Å². The average molecular weight is 394 g/mol. The van der Waals surface area contributed by atoms with Crippen LogP contribution in [0.15, 0.2) is 66.9 Å². The van der Waals surface area contributed by atoms with E-state index in [1.54, 1.807) is 0 Å². The van der Waals surface area contributed by atoms with E-state index in [0.29, 0.717) is 24.5 Å². The third-order valence-corrected chi connectivity index (χ3v) is 3.88. The number of rotatable bonds is 6. The van der Waals surface area contributed by atoms with Crippen LogP contribution in [0.2, 0.25) is 0 Å². The zero-order valence-electron chi connectivity index (χ0n) is 15.6. The Morgan fingerprint density at radius 1 is 1.07 bits per heavy atom. The number of amidine groups is 1. The molecule has 1 aromatic heterocycles. The summed E-state index contributed by atoms with van der Waals surface area (Å²) >= 11 is 0. The summed E-state index contributed by atoms with van der Waals surface area (Å²) in [6.07, 6.45) is 3.95. The number of para-hydroxylation sites is 1. The number of benzene rings is 2. The molecular formula is C21H22N4O4. The van der Waals surface area contributed by atoms with Crippen molar-refractivity contribution in [1.29, 1.82) is 5.41 Å². The smallest absolute Gasteiger partial charge is 0.328 e. The monoisotopic (exact) mass is 394 g/mol. The van der Waals surface area contributed by atoms with Gasteiger partial charge in [0, 0.05) is 40.5 Å². The van der Waals surface area contributed by atoms with E-state index in [1.807, 2.05) is 54.7 Å². The van der Waals surface area contributed by atoms with Crippen LogP contribution in [-0.2, 0) is 16.0 Å². The Bertz CT molecular complexity index is 1010. The normalized spacial score (nSPS) is 10.4. The highest BCUT2D eigenvalue weighted by molar-refractivity contribution is 6.08. The predicted molar refractivity (Wildman–Crippen MR) is 112 cm³/mol. The summed E-state index contributed by atoms with van der Waals surface area (Å²) in [5, 5.41) is 28.1. The zero-order chi connectivity index (χ0) is 21.2. The van der Waals surface area contributed by atoms with E-state index in [1.165, 1.54) is 5.56 Å². The number of anilines is 1. The zero-order valence-corrected chi connectivity index (χ0v) is 15.6. The fourth-order valence-corrected chi connectivity index (χ4v) is 2.58. The van der Waals surface area contributed by atoms with Crippen molar-refractivity contribution >= 4 is 34.4 Å². The molecule has 7 N–H and O–H groups in total. The number of H-pyrrole nitrogens is 1. The van der Waals surface area contributed by atoms with Crippen molar-refractivity contribution in [3.63, 3.8) is 0 Å². The fourth-order valence-electron chi connectivity index (χ4n) is 2.58. The molecule has 0 amide bonds. The number of carboxylic acid groups (broad SMARTS) is 2. The second kappa shape index (κ2) is 10.4. The molecule has 3 aromatic rings. The summed E-state index contributed by atoms with van der Waals surface area (Å²) in [7, 11) is 0. The molecule has 8 heteroatoms. The summed E-state index contributed by atoms with van der Waals surface area (Å²) in [5.41, 5.74) is 9.70. The predicted octanol–water partition coefficient (Wildman–Crippen LogP) is 2.82. The van der Waals surface area contributed by atoms with Crippen molar-refractivity contribution in [1.82, 2.24) is 4.98 Å². The third-order valence-electron chi connectivity index (χ3n) is 3.88. The van der Waals surface area contributed by atoms with Crippen molar-refractivity contribution in [3.05, 3.63) is 78.0 Å². The van der Waals surface area contributed by atoms with Crippen LogP contribution in [0.3, 0.4) is 0 Å². The molecule has 29 heavy (non-hydrogen) atoms. The van der Waals surface area contributed by atoms with Crippen LogP contribution < -0.4 is 11.1 Å². The van der Waals surface area contributed by atoms with Gasteiger partial charge in [-0.2, -0.15) is 0 Å². The molecule has 1 heterocycles. The number of hydrogen-bond acceptors (Lipinski definition) is 4. The summed E-state index contributed by atoms with van der Waals surface area (Å²) in [5.74, 6) is -2.12. The lowest BCUT2D eigenvalue weighted by Crippen LogP contribution is -2.11. The lowest BCUT2D eigenvalue weighted by atomic mass is 10.1. The molecule has 0 spiro atoms. The molecule has 0 aliphatic heterocycles. The van der Waals surface area contributed by atoms with Gasteiger partial charge >= 0.3 is 11.9 Å². The van der Waals surface area contributed by atoms with Gasteiger partial charge in [-0.1, -0.05) is 18.2 Å². The van der Waals surface area contributed by atoms with Crippen molar-refractivity contribution < 1.29 is 19.8 Å². The van der Waals surface area contributed by atoms with Crippen LogP contribution in [0.4, 0.5) is 5.69 Å². The number of nitrogens with one attached hydrogen (secondary N) is 3. The number of aliphatic carboxylic acids is 2. The van der Waals surface area contributed by atoms with Crippen molar-refractivity contribution in [2.24, 2.45) is 5.73 Å². The molecule has 150 valence electrons. The van der Waals surface area contributed by atoms with Gasteiger partial charge in [0.05, 0.1) is 0 Å². The number of aromatic amines is 1. The first kappa shape index (κ1) is 21.4. The first-order chi connectivity index (χ1) is 13.9. The molecule has 0 saturated heterocycles. The van der Waals surface area contributed by atoms with E-state index in [9.17, 15) is 9.59 Å². The van der Waals surface area contributed by atoms with Crippen LogP contribution in [0, 0.1) is 5.41 Å². The molecule has 0 radical (unpaired) electrons. The average Bonchev–Trinajstić information content (AvgIpc) is 3.10. The molecule has 3 rings (SSSR count). The minimum atomic E-state index is -1.26. The van der Waals surface area contributed by atoms with E-state index in [-0.39, 0.29) is 0 Å². The van der Waals surface area contributed by atoms with E-state index >= 15 is 0 Å². The molecule has 0 bridgehead atoms. The molecule has 8 nitrogen and oxygen atoms in total. The minimum Gasteiger partial charge on any atom is -0.478 e. The Labute approximate surface area is 167 Å². The number of aromatic nitrogens is 1. The van der Waals surface area contributed by atoms with Crippen LogP contribution in [-0.4, -0.2) is 39.5 Å². The summed E-state index contributed by atoms with van der Waals surface area (Å²) in [6, 6.07) is 15.7. The van der Waals surface area contributed by atoms with Crippen LogP contribution >= 0.6 is 0 Å². The molecule has 2 aromatic carbocycles. The number of carboxylic acids is 2. The number of fused-ring (bicyclic) bond motifs is 1. The topological polar surface area (TPSA) is 152 Å². The quantitative estimate of drug-likeness (QED) is 0.215. The second-order valence-corrected chi connectivity index (χ2v) is 5.99. The number of hydrogen-bond donors (Lipinski definition) is 6. The van der Waals surface area contributed by atoms with Crippen LogP contribution in [0.5, 0.6) is 0 Å². The Balaban J connectivity index is 0.000000321. The Morgan fingerprint density at radius 2 is 1.72 bits per heavy atom. The van der Waals surface area contributed by atoms with Crippen molar-refractivity contribution in [2.75, 3.05) is 11.9 Å². The molecule has 0 unspecified atom stereocenters. The standard InChI is InChI=1S/C17H18N4.C4H4O4/c18-9-8-13-11-20-16-7-6-12(10-15(13)16)17(19)21-14-4-2-1-3-5-14;5-3(6)1-2-4(7)8/h1-7,10-11,20H,8-9,18H2,(H2,19,21);1-2H,(H,5,6)(H,7,8)/b;2-1-. The molecule has 0 aliphatic rings. The summed E-state index contributed by atoms with van der Waals surface area (Å²) in [4.78, 5) is 22.3. The third kappa shape index (κ3) is 6.64. The molecule has 0 fully saturated rings. The van der Waals surface area contributed by atoms with E-state index < -0.39 is 11.9 Å². The van der Waals surface area contributed by atoms with Crippen LogP contribution in [0.1, 0.15) is 11.1 Å². The van der Waals surface area contributed by atoms with Gasteiger partial charge in [0.15, 0.2) is 0 Å². The lowest BCUT2D eigenvalue weighted by Gasteiger charge is -2.08. The second-order valence-electron chi connectivity index (χ2n) is 5.99. The Kier molecular flexibility index (Phi) is 7.69. The number of carbonyl (C=O) groups is 2. The number of nitrogens with two attached hydrogens (primary N) is 1. The highest BCUT2D eigenvalue weighted by Gasteiger charge is 2.07. The summed E-state index contributed by atoms with van der Waals surface area (Å²) < 4.78 is 0. The van der Waals surface area contributed by atoms with Crippen LogP contribution in [0.25, 0.3) is 10.9 Å². The van der Waals surface area contributed by atoms with E-state index in [0.717, 1.165) is 28.6 Å². The van der Waals surface area contributed by atoms with Gasteiger partial charge in [-0.15, -0.1) is 0 Å². The fraction of sp³-hybridized carbons (Fsp3) is 0.0952. The van der Waals surface area contributed by atoms with Gasteiger partial charge in [0.25, 0.3) is 0 Å². The maximum atomic E-state index is 9.55. The van der Waals surface area contributed by atoms with Gasteiger partial charge in [0.2, 0.25) is 0 Å². The summed E-state index contributed by atoms with van der Waals surface area (Å²) in [6.45, 7) is 0.622. The Morgan fingerprint density at radius 3 is 2.31 bits per heavy atom. The first-order valence-corrected chi connectivity index (χ1v) is 8.75. The SMILES string of the molecule is N=C(Nc1ccccc1)c1ccc2[nH]cc(CCN)c2c1.O=C(O)/C=C\C(=O)O. The highest BCUT2D eigenvalue weighted by atomic mass is 16.4. The van der Waals surface area contributed by atoms with Crippen molar-refractivity contribution in [3.8, 4) is 0 Å². The maximum Gasteiger partial charge on any atom is 0.328 e. The first-order valence-electron chi connectivity index (χ1n) is 8.75. The van der Waals surface area contributed by atoms with Gasteiger partial charge in [-0.05, 0) is 48.9 Å². The molecular weight excluding hydrogens is 372 g/mol. The van der Waals surface area contributed by atoms with Crippen molar-refractivity contribution in [2.45, 2.75) is 6.42 Å². The van der Waals surface area contributed by atoms with Gasteiger partial charge in [-0.25, -0.2) is 9.59 Å². The Hall–Kier alpha value is -3.91. The van der Waals surface area contributed by atoms with Gasteiger partial charge in [0.1, 0.15) is 5.84 Å². The largest absolute Gasteiger partial charge is 0.478 e.